The van der Waals surface area contributed by atoms with E-state index in [1.54, 1.807) is 0 Å². The van der Waals surface area contributed by atoms with Crippen LogP contribution in [0.15, 0.2) is 78.9 Å². The minimum Gasteiger partial charge on any atom is -0.506 e. The van der Waals surface area contributed by atoms with E-state index < -0.39 is 5.72 Å². The molecule has 0 bridgehead atoms. The monoisotopic (exact) mass is 573 g/mol. The summed E-state index contributed by atoms with van der Waals surface area (Å²) in [4.78, 5) is 0. The molecular formula is C25H22IrN3O-. The van der Waals surface area contributed by atoms with Gasteiger partial charge in [-0.05, 0) is 0 Å². The van der Waals surface area contributed by atoms with Gasteiger partial charge in [0.05, 0.1) is 5.82 Å². The fourth-order valence-electron chi connectivity index (χ4n) is 3.99. The van der Waals surface area contributed by atoms with Gasteiger partial charge in [0.2, 0.25) is 5.72 Å². The Labute approximate surface area is 190 Å². The van der Waals surface area contributed by atoms with Crippen LogP contribution in [-0.4, -0.2) is 14.8 Å². The number of rotatable bonds is 2. The SMILES string of the molecule is CC(C)(C)c1nnc2n1C(c1ccccc1)(c1ccccc1)Oc1ccc[c-]c1-2.[Ir]. The summed E-state index contributed by atoms with van der Waals surface area (Å²) in [5.74, 6) is 2.38. The minimum atomic E-state index is -0.911. The van der Waals surface area contributed by atoms with Crippen LogP contribution in [0.25, 0.3) is 11.4 Å². The summed E-state index contributed by atoms with van der Waals surface area (Å²) < 4.78 is 9.01. The Morgan fingerprint density at radius 3 is 2.00 bits per heavy atom. The third kappa shape index (κ3) is 3.01. The maximum absolute atomic E-state index is 6.86. The van der Waals surface area contributed by atoms with Crippen molar-refractivity contribution in [2.45, 2.75) is 31.9 Å². The molecule has 1 aliphatic heterocycles. The van der Waals surface area contributed by atoms with E-state index in [1.807, 2.05) is 54.6 Å². The summed E-state index contributed by atoms with van der Waals surface area (Å²) in [5.41, 5.74) is 1.74. The molecule has 0 N–H and O–H groups in total. The van der Waals surface area contributed by atoms with Crippen LogP contribution in [0.2, 0.25) is 0 Å². The van der Waals surface area contributed by atoms with E-state index in [0.29, 0.717) is 0 Å². The molecule has 0 spiro atoms. The van der Waals surface area contributed by atoms with Crippen LogP contribution in [-0.2, 0) is 31.2 Å². The topological polar surface area (TPSA) is 39.9 Å². The molecule has 153 valence electrons. The Balaban J connectivity index is 0.00000218. The van der Waals surface area contributed by atoms with Gasteiger partial charge in [-0.15, -0.1) is 29.4 Å². The third-order valence-electron chi connectivity index (χ3n) is 5.28. The van der Waals surface area contributed by atoms with Gasteiger partial charge in [-0.1, -0.05) is 87.0 Å². The van der Waals surface area contributed by atoms with Crippen molar-refractivity contribution in [3.8, 4) is 17.1 Å². The summed E-state index contributed by atoms with van der Waals surface area (Å²) in [7, 11) is 0. The van der Waals surface area contributed by atoms with Crippen LogP contribution < -0.4 is 4.74 Å². The predicted octanol–water partition coefficient (Wildman–Crippen LogP) is 5.18. The van der Waals surface area contributed by atoms with Crippen LogP contribution in [0.1, 0.15) is 37.7 Å². The molecule has 5 rings (SSSR count). The van der Waals surface area contributed by atoms with Gasteiger partial charge in [0, 0.05) is 42.4 Å². The second kappa shape index (κ2) is 7.50. The standard InChI is InChI=1S/C25H22N3O.Ir/c1-24(2,3)23-27-26-22-20-16-10-11-17-21(20)29-25(28(22)23,18-12-6-4-7-13-18)19-14-8-5-9-15-19;/h4-15,17H,1-3H3;/q-1;. The number of nitrogens with zero attached hydrogens (tertiary/aromatic N) is 3. The molecule has 5 heteroatoms. The molecule has 0 unspecified atom stereocenters. The molecule has 0 saturated heterocycles. The first-order chi connectivity index (χ1) is 14.0. The molecule has 1 aliphatic rings. The van der Waals surface area contributed by atoms with Gasteiger partial charge in [0.25, 0.3) is 0 Å². The summed E-state index contributed by atoms with van der Waals surface area (Å²) in [6.45, 7) is 6.44. The number of ether oxygens (including phenoxy) is 1. The smallest absolute Gasteiger partial charge is 0.224 e. The molecule has 4 aromatic rings. The Morgan fingerprint density at radius 2 is 1.43 bits per heavy atom. The first kappa shape index (κ1) is 20.5. The quantitative estimate of drug-likeness (QED) is 0.311. The third-order valence-corrected chi connectivity index (χ3v) is 5.28. The molecule has 0 atom stereocenters. The summed E-state index contributed by atoms with van der Waals surface area (Å²) in [5, 5.41) is 9.24. The zero-order chi connectivity index (χ0) is 20.1. The van der Waals surface area contributed by atoms with Crippen LogP contribution >= 0.6 is 0 Å². The van der Waals surface area contributed by atoms with Crippen molar-refractivity contribution in [2.75, 3.05) is 0 Å². The molecule has 0 saturated carbocycles. The van der Waals surface area contributed by atoms with Gasteiger partial charge in [0.15, 0.2) is 0 Å². The zero-order valence-corrected chi connectivity index (χ0v) is 19.5. The number of hydrogen-bond acceptors (Lipinski definition) is 3. The fraction of sp³-hybridized carbons (Fsp3) is 0.200. The van der Waals surface area contributed by atoms with E-state index in [9.17, 15) is 0 Å². The molecule has 30 heavy (non-hydrogen) atoms. The van der Waals surface area contributed by atoms with Crippen molar-refractivity contribution in [2.24, 2.45) is 0 Å². The van der Waals surface area contributed by atoms with E-state index in [2.05, 4.69) is 65.9 Å². The van der Waals surface area contributed by atoms with E-state index in [0.717, 1.165) is 34.1 Å². The average molecular weight is 573 g/mol. The molecule has 1 aromatic heterocycles. The fourth-order valence-corrected chi connectivity index (χ4v) is 3.99. The van der Waals surface area contributed by atoms with Gasteiger partial charge in [0.1, 0.15) is 5.82 Å². The number of aromatic nitrogens is 3. The van der Waals surface area contributed by atoms with Crippen molar-refractivity contribution in [3.05, 3.63) is 102 Å². The van der Waals surface area contributed by atoms with Crippen LogP contribution in [0.4, 0.5) is 0 Å². The van der Waals surface area contributed by atoms with Crippen LogP contribution in [0.5, 0.6) is 5.75 Å². The molecule has 0 aliphatic carbocycles. The second-order valence-corrected chi connectivity index (χ2v) is 8.32. The van der Waals surface area contributed by atoms with Crippen molar-refractivity contribution < 1.29 is 24.8 Å². The van der Waals surface area contributed by atoms with Gasteiger partial charge >= 0.3 is 0 Å². The molecule has 0 amide bonds. The van der Waals surface area contributed by atoms with E-state index in [4.69, 9.17) is 4.74 Å². The molecule has 2 heterocycles. The largest absolute Gasteiger partial charge is 0.506 e. The van der Waals surface area contributed by atoms with Crippen LogP contribution in [0, 0.1) is 6.07 Å². The van der Waals surface area contributed by atoms with Crippen molar-refractivity contribution in [3.63, 3.8) is 0 Å². The van der Waals surface area contributed by atoms with Crippen LogP contribution in [0.3, 0.4) is 0 Å². The second-order valence-electron chi connectivity index (χ2n) is 8.32. The molecule has 0 fully saturated rings. The molecule has 3 aromatic carbocycles. The normalized spacial score (nSPS) is 14.1. The van der Waals surface area contributed by atoms with E-state index >= 15 is 0 Å². The average Bonchev–Trinajstić information content (AvgIpc) is 3.21. The van der Waals surface area contributed by atoms with Crippen molar-refractivity contribution >= 4 is 0 Å². The number of benzene rings is 3. The first-order valence-corrected chi connectivity index (χ1v) is 9.79. The summed E-state index contributed by atoms with van der Waals surface area (Å²) >= 11 is 0. The van der Waals surface area contributed by atoms with E-state index in [-0.39, 0.29) is 25.5 Å². The zero-order valence-electron chi connectivity index (χ0n) is 17.1. The maximum atomic E-state index is 6.86. The van der Waals surface area contributed by atoms with Gasteiger partial charge in [-0.3, -0.25) is 0 Å². The number of fused-ring (bicyclic) bond motifs is 3. The first-order valence-electron chi connectivity index (χ1n) is 9.79. The maximum Gasteiger partial charge on any atom is 0.224 e. The molecule has 1 radical (unpaired) electrons. The van der Waals surface area contributed by atoms with Gasteiger partial charge in [-0.2, -0.15) is 5.10 Å². The predicted molar refractivity (Wildman–Crippen MR) is 113 cm³/mol. The summed E-state index contributed by atoms with van der Waals surface area (Å²) in [6, 6.07) is 29.7. The van der Waals surface area contributed by atoms with Crippen molar-refractivity contribution in [1.82, 2.24) is 14.8 Å². The Kier molecular flexibility index (Phi) is 5.13. The Hall–Kier alpha value is -2.75. The molecule has 4 nitrogen and oxygen atoms in total. The van der Waals surface area contributed by atoms with Crippen molar-refractivity contribution in [1.29, 1.82) is 0 Å². The number of hydrogen-bond donors (Lipinski definition) is 0. The molecular weight excluding hydrogens is 551 g/mol. The van der Waals surface area contributed by atoms with Gasteiger partial charge < -0.3 is 9.30 Å². The minimum absolute atomic E-state index is 0. The summed E-state index contributed by atoms with van der Waals surface area (Å²) in [6.07, 6.45) is 0. The van der Waals surface area contributed by atoms with Gasteiger partial charge in [-0.25, -0.2) is 0 Å². The Morgan fingerprint density at radius 1 is 0.833 bits per heavy atom. The van der Waals surface area contributed by atoms with E-state index in [1.165, 1.54) is 0 Å². The Bertz CT molecular complexity index is 1120.